The molecule has 0 bridgehead atoms. The predicted molar refractivity (Wildman–Crippen MR) is 125 cm³/mol. The third-order valence-corrected chi connectivity index (χ3v) is 5.73. The smallest absolute Gasteiger partial charge is 0.439 e. The standard InChI is InChI=1S/C27H21F6NO3/c28-24(26(29,30)31)27(32,33)37-18-13-11-17(12-14-18)6-5-15-34-25(35)36-16-23-21-9-3-1-7-19(21)20-8-2-4-10-22(20)23/h1-14,23-24H,15-16H2,(H,34,35)/t24-/m1/s1. The Kier molecular flexibility index (Phi) is 7.47. The minimum Gasteiger partial charge on any atom is -0.449 e. The average molecular weight is 521 g/mol. The summed E-state index contributed by atoms with van der Waals surface area (Å²) in [6.07, 6.45) is -12.8. The molecule has 4 rings (SSSR count). The van der Waals surface area contributed by atoms with E-state index in [1.54, 1.807) is 12.2 Å². The van der Waals surface area contributed by atoms with E-state index < -0.39 is 30.3 Å². The van der Waals surface area contributed by atoms with Crippen LogP contribution < -0.4 is 10.1 Å². The Labute approximate surface area is 208 Å². The molecule has 1 atom stereocenters. The van der Waals surface area contributed by atoms with E-state index in [0.29, 0.717) is 5.56 Å². The fourth-order valence-electron chi connectivity index (χ4n) is 4.03. The molecule has 194 valence electrons. The lowest BCUT2D eigenvalue weighted by atomic mass is 9.98. The summed E-state index contributed by atoms with van der Waals surface area (Å²) in [5.74, 6) is -0.712. The van der Waals surface area contributed by atoms with E-state index in [-0.39, 0.29) is 19.1 Å². The van der Waals surface area contributed by atoms with E-state index >= 15 is 0 Å². The summed E-state index contributed by atoms with van der Waals surface area (Å²) in [6.45, 7) is 0.256. The Morgan fingerprint density at radius 3 is 2.03 bits per heavy atom. The number of alkyl halides is 6. The van der Waals surface area contributed by atoms with Crippen molar-refractivity contribution in [3.8, 4) is 16.9 Å². The van der Waals surface area contributed by atoms with Crippen LogP contribution in [0.25, 0.3) is 17.2 Å². The summed E-state index contributed by atoms with van der Waals surface area (Å²) in [6, 6.07) is 20.4. The van der Waals surface area contributed by atoms with Crippen molar-refractivity contribution in [2.75, 3.05) is 13.2 Å². The van der Waals surface area contributed by atoms with Crippen LogP contribution in [0, 0.1) is 0 Å². The zero-order valence-electron chi connectivity index (χ0n) is 19.1. The highest BCUT2D eigenvalue weighted by molar-refractivity contribution is 5.79. The molecule has 0 aromatic heterocycles. The highest BCUT2D eigenvalue weighted by Gasteiger charge is 2.59. The summed E-state index contributed by atoms with van der Waals surface area (Å²) in [5.41, 5.74) is 4.88. The Hall–Kier alpha value is -3.95. The number of hydrogen-bond donors (Lipinski definition) is 1. The molecule has 0 saturated heterocycles. The second-order valence-electron chi connectivity index (χ2n) is 8.25. The molecule has 3 aromatic rings. The van der Waals surface area contributed by atoms with Gasteiger partial charge in [-0.15, -0.1) is 0 Å². The van der Waals surface area contributed by atoms with Crippen LogP contribution in [0.4, 0.5) is 31.1 Å². The van der Waals surface area contributed by atoms with E-state index in [1.165, 1.54) is 12.1 Å². The number of hydrogen-bond acceptors (Lipinski definition) is 3. The van der Waals surface area contributed by atoms with E-state index in [1.807, 2.05) is 48.5 Å². The van der Waals surface area contributed by atoms with Crippen LogP contribution in [-0.2, 0) is 4.74 Å². The number of amides is 1. The van der Waals surface area contributed by atoms with Crippen LogP contribution >= 0.6 is 0 Å². The Bertz CT molecular complexity index is 1230. The summed E-state index contributed by atoms with van der Waals surface area (Å²) < 4.78 is 85.6. The van der Waals surface area contributed by atoms with Gasteiger partial charge in [0.2, 0.25) is 0 Å². The maximum atomic E-state index is 13.3. The molecule has 0 spiro atoms. The zero-order valence-corrected chi connectivity index (χ0v) is 19.1. The van der Waals surface area contributed by atoms with Crippen molar-refractivity contribution in [3.63, 3.8) is 0 Å². The molecule has 0 radical (unpaired) electrons. The average Bonchev–Trinajstić information content (AvgIpc) is 3.19. The minimum atomic E-state index is -5.76. The number of benzene rings is 3. The van der Waals surface area contributed by atoms with Gasteiger partial charge in [0.15, 0.2) is 0 Å². The molecular weight excluding hydrogens is 500 g/mol. The maximum absolute atomic E-state index is 13.3. The Morgan fingerprint density at radius 1 is 0.892 bits per heavy atom. The minimum absolute atomic E-state index is 0.0781. The topological polar surface area (TPSA) is 47.6 Å². The lowest BCUT2D eigenvalue weighted by molar-refractivity contribution is -0.304. The number of nitrogens with one attached hydrogen (secondary N) is 1. The van der Waals surface area contributed by atoms with Crippen molar-refractivity contribution in [2.45, 2.75) is 24.4 Å². The van der Waals surface area contributed by atoms with E-state index in [9.17, 15) is 31.1 Å². The number of ether oxygens (including phenoxy) is 2. The van der Waals surface area contributed by atoms with Crippen molar-refractivity contribution < 1.29 is 40.6 Å². The van der Waals surface area contributed by atoms with E-state index in [2.05, 4.69) is 10.1 Å². The molecule has 10 heteroatoms. The monoisotopic (exact) mass is 521 g/mol. The van der Waals surface area contributed by atoms with Crippen molar-refractivity contribution in [1.29, 1.82) is 0 Å². The van der Waals surface area contributed by atoms with Crippen molar-refractivity contribution in [1.82, 2.24) is 5.32 Å². The number of fused-ring (bicyclic) bond motifs is 3. The number of halogens is 6. The fourth-order valence-corrected chi connectivity index (χ4v) is 4.03. The molecule has 0 saturated carbocycles. The summed E-state index contributed by atoms with van der Waals surface area (Å²) in [5, 5.41) is 2.57. The summed E-state index contributed by atoms with van der Waals surface area (Å²) >= 11 is 0. The number of carbonyl (C=O) groups excluding carboxylic acids is 1. The van der Waals surface area contributed by atoms with Crippen molar-refractivity contribution in [3.05, 3.63) is 95.6 Å². The lowest BCUT2D eigenvalue weighted by Crippen LogP contribution is -2.45. The quantitative estimate of drug-likeness (QED) is 0.322. The van der Waals surface area contributed by atoms with Gasteiger partial charge in [0, 0.05) is 12.5 Å². The molecule has 0 unspecified atom stereocenters. The zero-order chi connectivity index (χ0) is 26.6. The fraction of sp³-hybridized carbons (Fsp3) is 0.222. The molecule has 37 heavy (non-hydrogen) atoms. The first-order chi connectivity index (χ1) is 17.6. The second-order valence-corrected chi connectivity index (χ2v) is 8.25. The van der Waals surface area contributed by atoms with Gasteiger partial charge >= 0.3 is 18.4 Å². The van der Waals surface area contributed by atoms with Gasteiger partial charge in [-0.2, -0.15) is 22.0 Å². The molecule has 1 aliphatic rings. The maximum Gasteiger partial charge on any atom is 0.439 e. The molecule has 3 aromatic carbocycles. The molecular formula is C27H21F6NO3. The van der Waals surface area contributed by atoms with Gasteiger partial charge in [-0.3, -0.25) is 0 Å². The summed E-state index contributed by atoms with van der Waals surface area (Å²) in [4.78, 5) is 12.2. The molecule has 1 amide bonds. The first-order valence-electron chi connectivity index (χ1n) is 11.2. The second kappa shape index (κ2) is 10.6. The molecule has 0 fully saturated rings. The van der Waals surface area contributed by atoms with Crippen LogP contribution in [0.1, 0.15) is 22.6 Å². The van der Waals surface area contributed by atoms with E-state index in [0.717, 1.165) is 34.4 Å². The van der Waals surface area contributed by atoms with Crippen LogP contribution in [-0.4, -0.2) is 37.7 Å². The SMILES string of the molecule is O=C(NCC=Cc1ccc(OC(F)(F)[C@H](F)C(F)(F)F)cc1)OCC1c2ccccc2-c2ccccc21. The molecule has 4 nitrogen and oxygen atoms in total. The van der Waals surface area contributed by atoms with Gasteiger partial charge in [-0.25, -0.2) is 9.18 Å². The van der Waals surface area contributed by atoms with Crippen LogP contribution in [0.15, 0.2) is 78.9 Å². The van der Waals surface area contributed by atoms with Gasteiger partial charge in [-0.1, -0.05) is 72.8 Å². The Balaban J connectivity index is 1.25. The normalized spacial score (nSPS) is 14.2. The first-order valence-corrected chi connectivity index (χ1v) is 11.2. The van der Waals surface area contributed by atoms with Crippen LogP contribution in [0.3, 0.4) is 0 Å². The molecule has 1 N–H and O–H groups in total. The largest absolute Gasteiger partial charge is 0.449 e. The van der Waals surface area contributed by atoms with Gasteiger partial charge in [-0.05, 0) is 39.9 Å². The van der Waals surface area contributed by atoms with Gasteiger partial charge in [0.25, 0.3) is 6.17 Å². The van der Waals surface area contributed by atoms with E-state index in [4.69, 9.17) is 4.74 Å². The molecule has 1 aliphatic carbocycles. The lowest BCUT2D eigenvalue weighted by Gasteiger charge is -2.23. The van der Waals surface area contributed by atoms with Gasteiger partial charge < -0.3 is 14.8 Å². The van der Waals surface area contributed by atoms with Gasteiger partial charge in [0.1, 0.15) is 12.4 Å². The number of rotatable bonds is 8. The highest BCUT2D eigenvalue weighted by atomic mass is 19.4. The highest BCUT2D eigenvalue weighted by Crippen LogP contribution is 2.44. The molecule has 0 aliphatic heterocycles. The number of carbonyl (C=O) groups is 1. The van der Waals surface area contributed by atoms with Gasteiger partial charge in [0.05, 0.1) is 0 Å². The third-order valence-electron chi connectivity index (χ3n) is 5.73. The number of alkyl carbamates (subject to hydrolysis) is 1. The molecule has 0 heterocycles. The van der Waals surface area contributed by atoms with Crippen LogP contribution in [0.5, 0.6) is 5.75 Å². The predicted octanol–water partition coefficient (Wildman–Crippen LogP) is 7.11. The van der Waals surface area contributed by atoms with Crippen molar-refractivity contribution >= 4 is 12.2 Å². The van der Waals surface area contributed by atoms with Crippen molar-refractivity contribution in [2.24, 2.45) is 0 Å². The first kappa shape index (κ1) is 26.1. The van der Waals surface area contributed by atoms with Crippen LogP contribution in [0.2, 0.25) is 0 Å². The Morgan fingerprint density at radius 2 is 1.46 bits per heavy atom. The third kappa shape index (κ3) is 6.07. The summed E-state index contributed by atoms with van der Waals surface area (Å²) in [7, 11) is 0.